The van der Waals surface area contributed by atoms with Gasteiger partial charge in [-0.05, 0) is 19.9 Å². The van der Waals surface area contributed by atoms with E-state index in [-0.39, 0.29) is 23.4 Å². The summed E-state index contributed by atoms with van der Waals surface area (Å²) in [5, 5.41) is 8.15. The third-order valence-electron chi connectivity index (χ3n) is 4.64. The summed E-state index contributed by atoms with van der Waals surface area (Å²) in [6.07, 6.45) is 0. The Kier molecular flexibility index (Phi) is 5.55. The molecular weight excluding hydrogens is 346 g/mol. The SMILES string of the molecule is CC(C)NC(=O)CN1CCN(C(=O)c2nn(C)c(=O)c3ccccc23)CC1. The second-order valence-corrected chi connectivity index (χ2v) is 7.11. The molecule has 1 aromatic carbocycles. The number of benzene rings is 1. The molecule has 1 aliphatic rings. The highest BCUT2D eigenvalue weighted by atomic mass is 16.2. The zero-order chi connectivity index (χ0) is 19.6. The van der Waals surface area contributed by atoms with Crippen LogP contribution in [0.15, 0.2) is 29.1 Å². The Morgan fingerprint density at radius 3 is 2.37 bits per heavy atom. The maximum atomic E-state index is 13.0. The van der Waals surface area contributed by atoms with E-state index in [1.807, 2.05) is 18.7 Å². The van der Waals surface area contributed by atoms with E-state index in [1.165, 1.54) is 4.68 Å². The Labute approximate surface area is 157 Å². The molecule has 0 radical (unpaired) electrons. The van der Waals surface area contributed by atoms with E-state index in [4.69, 9.17) is 0 Å². The van der Waals surface area contributed by atoms with Crippen LogP contribution in [-0.4, -0.2) is 70.2 Å². The normalized spacial score (nSPS) is 15.3. The number of piperazine rings is 1. The fraction of sp³-hybridized carbons (Fsp3) is 0.474. The van der Waals surface area contributed by atoms with Gasteiger partial charge in [0.1, 0.15) is 0 Å². The highest BCUT2D eigenvalue weighted by Crippen LogP contribution is 2.16. The Bertz CT molecular complexity index is 913. The van der Waals surface area contributed by atoms with Crippen molar-refractivity contribution < 1.29 is 9.59 Å². The molecule has 1 aliphatic heterocycles. The molecule has 1 fully saturated rings. The molecule has 1 aromatic heterocycles. The molecule has 8 heteroatoms. The number of fused-ring (bicyclic) bond motifs is 1. The molecule has 0 aliphatic carbocycles. The Morgan fingerprint density at radius 1 is 1.11 bits per heavy atom. The van der Waals surface area contributed by atoms with Gasteiger partial charge in [0, 0.05) is 44.7 Å². The number of nitrogens with one attached hydrogen (secondary N) is 1. The number of hydrogen-bond donors (Lipinski definition) is 1. The zero-order valence-corrected chi connectivity index (χ0v) is 15.9. The first-order chi connectivity index (χ1) is 12.9. The first kappa shape index (κ1) is 19.0. The van der Waals surface area contributed by atoms with Crippen molar-refractivity contribution in [2.24, 2.45) is 7.05 Å². The van der Waals surface area contributed by atoms with Crippen molar-refractivity contribution in [1.29, 1.82) is 0 Å². The molecule has 1 N–H and O–H groups in total. The van der Waals surface area contributed by atoms with Crippen LogP contribution in [0.3, 0.4) is 0 Å². The van der Waals surface area contributed by atoms with Crippen LogP contribution in [0.5, 0.6) is 0 Å². The molecule has 3 rings (SSSR count). The molecule has 8 nitrogen and oxygen atoms in total. The quantitative estimate of drug-likeness (QED) is 0.831. The second-order valence-electron chi connectivity index (χ2n) is 7.11. The number of carbonyl (C=O) groups is 2. The molecule has 0 bridgehead atoms. The van der Waals surface area contributed by atoms with Crippen molar-refractivity contribution in [1.82, 2.24) is 24.9 Å². The largest absolute Gasteiger partial charge is 0.353 e. The van der Waals surface area contributed by atoms with E-state index >= 15 is 0 Å². The molecule has 1 saturated heterocycles. The van der Waals surface area contributed by atoms with Gasteiger partial charge in [0.05, 0.1) is 11.9 Å². The maximum Gasteiger partial charge on any atom is 0.275 e. The van der Waals surface area contributed by atoms with E-state index in [1.54, 1.807) is 36.2 Å². The first-order valence-electron chi connectivity index (χ1n) is 9.14. The van der Waals surface area contributed by atoms with Gasteiger partial charge in [0.15, 0.2) is 5.69 Å². The van der Waals surface area contributed by atoms with Crippen molar-refractivity contribution in [3.05, 3.63) is 40.3 Å². The minimum absolute atomic E-state index is 0.00417. The number of aromatic nitrogens is 2. The van der Waals surface area contributed by atoms with Crippen LogP contribution >= 0.6 is 0 Å². The van der Waals surface area contributed by atoms with Crippen LogP contribution in [0.1, 0.15) is 24.3 Å². The summed E-state index contributed by atoms with van der Waals surface area (Å²) in [6, 6.07) is 7.15. The Morgan fingerprint density at radius 2 is 1.74 bits per heavy atom. The van der Waals surface area contributed by atoms with Gasteiger partial charge in [-0.3, -0.25) is 19.3 Å². The molecular formula is C19H25N5O3. The number of aryl methyl sites for hydroxylation is 1. The smallest absolute Gasteiger partial charge is 0.275 e. The predicted octanol–water partition coefficient (Wildman–Crippen LogP) is 0.216. The summed E-state index contributed by atoms with van der Waals surface area (Å²) in [5.74, 6) is -0.191. The summed E-state index contributed by atoms with van der Waals surface area (Å²) in [7, 11) is 1.55. The average molecular weight is 371 g/mol. The van der Waals surface area contributed by atoms with E-state index < -0.39 is 0 Å². The molecule has 0 atom stereocenters. The van der Waals surface area contributed by atoms with Gasteiger partial charge in [-0.15, -0.1) is 0 Å². The molecule has 0 saturated carbocycles. The first-order valence-corrected chi connectivity index (χ1v) is 9.14. The third kappa shape index (κ3) is 4.16. The fourth-order valence-electron chi connectivity index (χ4n) is 3.29. The van der Waals surface area contributed by atoms with Crippen LogP contribution in [0, 0.1) is 0 Å². The van der Waals surface area contributed by atoms with Crippen LogP contribution in [-0.2, 0) is 11.8 Å². The van der Waals surface area contributed by atoms with Gasteiger partial charge in [-0.25, -0.2) is 4.68 Å². The number of carbonyl (C=O) groups excluding carboxylic acids is 2. The molecule has 27 heavy (non-hydrogen) atoms. The number of hydrogen-bond acceptors (Lipinski definition) is 5. The van der Waals surface area contributed by atoms with Crippen LogP contribution in [0.25, 0.3) is 10.8 Å². The van der Waals surface area contributed by atoms with Gasteiger partial charge in [0.2, 0.25) is 5.91 Å². The summed E-state index contributed by atoms with van der Waals surface area (Å²) in [6.45, 7) is 6.49. The van der Waals surface area contributed by atoms with E-state index in [0.29, 0.717) is 49.2 Å². The van der Waals surface area contributed by atoms with Crippen molar-refractivity contribution in [2.75, 3.05) is 32.7 Å². The number of rotatable bonds is 4. The second kappa shape index (κ2) is 7.87. The molecule has 144 valence electrons. The highest BCUT2D eigenvalue weighted by Gasteiger charge is 2.26. The molecule has 0 spiro atoms. The van der Waals surface area contributed by atoms with Crippen molar-refractivity contribution >= 4 is 22.6 Å². The lowest BCUT2D eigenvalue weighted by molar-refractivity contribution is -0.123. The van der Waals surface area contributed by atoms with Gasteiger partial charge < -0.3 is 10.2 Å². The maximum absolute atomic E-state index is 13.0. The lowest BCUT2D eigenvalue weighted by atomic mass is 10.1. The van der Waals surface area contributed by atoms with Gasteiger partial charge in [-0.1, -0.05) is 18.2 Å². The molecule has 2 amide bonds. The number of amides is 2. The van der Waals surface area contributed by atoms with Crippen LogP contribution in [0.2, 0.25) is 0 Å². The van der Waals surface area contributed by atoms with Crippen molar-refractivity contribution in [2.45, 2.75) is 19.9 Å². The monoisotopic (exact) mass is 371 g/mol. The topological polar surface area (TPSA) is 87.5 Å². The van der Waals surface area contributed by atoms with E-state index in [2.05, 4.69) is 10.4 Å². The lowest BCUT2D eigenvalue weighted by Gasteiger charge is -2.34. The minimum atomic E-state index is -0.219. The summed E-state index contributed by atoms with van der Waals surface area (Å²) < 4.78 is 1.21. The average Bonchev–Trinajstić information content (AvgIpc) is 2.64. The zero-order valence-electron chi connectivity index (χ0n) is 15.9. The van der Waals surface area contributed by atoms with Gasteiger partial charge in [0.25, 0.3) is 11.5 Å². The molecule has 0 unspecified atom stereocenters. The van der Waals surface area contributed by atoms with Crippen molar-refractivity contribution in [3.8, 4) is 0 Å². The highest BCUT2D eigenvalue weighted by molar-refractivity contribution is 6.04. The third-order valence-corrected chi connectivity index (χ3v) is 4.64. The molecule has 2 heterocycles. The predicted molar refractivity (Wildman–Crippen MR) is 103 cm³/mol. The Balaban J connectivity index is 1.72. The fourth-order valence-corrected chi connectivity index (χ4v) is 3.29. The molecule has 2 aromatic rings. The van der Waals surface area contributed by atoms with Crippen LogP contribution < -0.4 is 10.9 Å². The standard InChI is InChI=1S/C19H25N5O3/c1-13(2)20-16(25)12-23-8-10-24(11-9-23)19(27)17-14-6-4-5-7-15(14)18(26)22(3)21-17/h4-7,13H,8-12H2,1-3H3,(H,20,25). The summed E-state index contributed by atoms with van der Waals surface area (Å²) in [5.41, 5.74) is 0.0711. The van der Waals surface area contributed by atoms with Gasteiger partial charge >= 0.3 is 0 Å². The van der Waals surface area contributed by atoms with E-state index in [9.17, 15) is 14.4 Å². The Hall–Kier alpha value is -2.74. The van der Waals surface area contributed by atoms with Crippen molar-refractivity contribution in [3.63, 3.8) is 0 Å². The lowest BCUT2D eigenvalue weighted by Crippen LogP contribution is -2.51. The minimum Gasteiger partial charge on any atom is -0.353 e. The van der Waals surface area contributed by atoms with Crippen LogP contribution in [0.4, 0.5) is 0 Å². The summed E-state index contributed by atoms with van der Waals surface area (Å²) in [4.78, 5) is 40.9. The number of nitrogens with zero attached hydrogens (tertiary/aromatic N) is 4. The van der Waals surface area contributed by atoms with Gasteiger partial charge in [-0.2, -0.15) is 5.10 Å². The van der Waals surface area contributed by atoms with E-state index in [0.717, 1.165) is 0 Å². The summed E-state index contributed by atoms with van der Waals surface area (Å²) >= 11 is 0.